The molecule has 4 nitrogen and oxygen atoms in total. The predicted molar refractivity (Wildman–Crippen MR) is 119 cm³/mol. The molecule has 1 unspecified atom stereocenters. The molecule has 0 heterocycles. The minimum atomic E-state index is -1.83. The fourth-order valence-corrected chi connectivity index (χ4v) is 3.11. The van der Waals surface area contributed by atoms with Gasteiger partial charge in [0.2, 0.25) is 3.79 Å². The maximum atomic E-state index is 12.4. The van der Waals surface area contributed by atoms with Crippen LogP contribution in [0.1, 0.15) is 10.4 Å². The van der Waals surface area contributed by atoms with Crippen LogP contribution in [0.15, 0.2) is 57.5 Å². The molecule has 1 amide bonds. The second-order valence-corrected chi connectivity index (χ2v) is 9.67. The highest BCUT2D eigenvalue weighted by molar-refractivity contribution is 9.10. The Morgan fingerprint density at radius 3 is 2.23 bits per heavy atom. The summed E-state index contributed by atoms with van der Waals surface area (Å²) in [7, 11) is 0. The summed E-state index contributed by atoms with van der Waals surface area (Å²) < 4.78 is -0.0927. The maximum Gasteiger partial charge on any atom is 0.252 e. The average molecular weight is 561 g/mol. The highest BCUT2D eigenvalue weighted by atomic mass is 79.9. The van der Waals surface area contributed by atoms with Crippen LogP contribution in [0, 0.1) is 0 Å². The lowest BCUT2D eigenvalue weighted by Gasteiger charge is -2.27. The first-order chi connectivity index (χ1) is 12.1. The van der Waals surface area contributed by atoms with Gasteiger partial charge in [-0.05, 0) is 54.7 Å². The molecule has 0 fully saturated rings. The van der Waals surface area contributed by atoms with Gasteiger partial charge in [-0.3, -0.25) is 4.79 Å². The third-order valence-electron chi connectivity index (χ3n) is 3.07. The van der Waals surface area contributed by atoms with Gasteiger partial charge in [0.25, 0.3) is 5.91 Å². The lowest BCUT2D eigenvalue weighted by atomic mass is 10.2. The molecule has 0 aliphatic rings. The lowest BCUT2D eigenvalue weighted by Crippen LogP contribution is -2.56. The highest BCUT2D eigenvalue weighted by Crippen LogP contribution is 2.29. The third-order valence-corrected chi connectivity index (χ3v) is 4.96. The summed E-state index contributed by atoms with van der Waals surface area (Å²) in [5.41, 5.74) is 1.15. The standard InChI is InChI=1S/C16H12Br2Cl3N3OS/c17-10-6-4-9(5-7-10)13(25)23-14(16(19,20)21)24-15(26)22-12-3-1-2-11(18)8-12/h1-8,14H,(H,23,25)(H2,22,24,26). The number of thiocarbonyl (C=S) groups is 1. The first-order valence-electron chi connectivity index (χ1n) is 7.11. The molecule has 0 aliphatic heterocycles. The van der Waals surface area contributed by atoms with E-state index in [2.05, 4.69) is 47.8 Å². The Balaban J connectivity index is 2.06. The van der Waals surface area contributed by atoms with Crippen LogP contribution in [-0.4, -0.2) is 21.0 Å². The summed E-state index contributed by atoms with van der Waals surface area (Å²) in [5, 5.41) is 8.58. The van der Waals surface area contributed by atoms with Crippen molar-refractivity contribution < 1.29 is 4.79 Å². The Bertz CT molecular complexity index is 800. The molecule has 2 aromatic rings. The molecule has 0 aromatic heterocycles. The quantitative estimate of drug-likeness (QED) is 0.258. The summed E-state index contributed by atoms with van der Waals surface area (Å²) in [4.78, 5) is 12.4. The number of carbonyl (C=O) groups excluding carboxylic acids is 1. The van der Waals surface area contributed by atoms with Crippen LogP contribution in [-0.2, 0) is 0 Å². The number of halogens is 5. The van der Waals surface area contributed by atoms with Crippen LogP contribution in [0.25, 0.3) is 0 Å². The molecule has 2 aromatic carbocycles. The van der Waals surface area contributed by atoms with Gasteiger partial charge in [-0.15, -0.1) is 0 Å². The number of amides is 1. The van der Waals surface area contributed by atoms with E-state index in [-0.39, 0.29) is 5.11 Å². The van der Waals surface area contributed by atoms with Crippen molar-refractivity contribution >= 4 is 95.6 Å². The van der Waals surface area contributed by atoms with E-state index in [4.69, 9.17) is 47.0 Å². The summed E-state index contributed by atoms with van der Waals surface area (Å²) in [6.07, 6.45) is -1.05. The Hall–Kier alpha value is -0.570. The van der Waals surface area contributed by atoms with E-state index >= 15 is 0 Å². The zero-order chi connectivity index (χ0) is 19.3. The van der Waals surface area contributed by atoms with E-state index in [1.54, 1.807) is 24.3 Å². The van der Waals surface area contributed by atoms with Crippen LogP contribution >= 0.6 is 78.9 Å². The number of nitrogens with one attached hydrogen (secondary N) is 3. The summed E-state index contributed by atoms with van der Waals surface area (Å²) in [5.74, 6) is -0.411. The molecular weight excluding hydrogens is 548 g/mol. The van der Waals surface area contributed by atoms with Gasteiger partial charge in [0.05, 0.1) is 0 Å². The van der Waals surface area contributed by atoms with Crippen LogP contribution in [0.5, 0.6) is 0 Å². The molecular formula is C16H12Br2Cl3N3OS. The molecule has 0 saturated heterocycles. The van der Waals surface area contributed by atoms with Gasteiger partial charge in [-0.2, -0.15) is 0 Å². The monoisotopic (exact) mass is 557 g/mol. The smallest absolute Gasteiger partial charge is 0.252 e. The topological polar surface area (TPSA) is 53.2 Å². The van der Waals surface area contributed by atoms with Crippen LogP contribution in [0.4, 0.5) is 5.69 Å². The van der Waals surface area contributed by atoms with Crippen LogP contribution < -0.4 is 16.0 Å². The molecule has 2 rings (SSSR count). The molecule has 138 valence electrons. The molecule has 3 N–H and O–H groups in total. The van der Waals surface area contributed by atoms with E-state index in [1.165, 1.54) is 0 Å². The number of anilines is 1. The van der Waals surface area contributed by atoms with Crippen LogP contribution in [0.3, 0.4) is 0 Å². The molecule has 10 heteroatoms. The van der Waals surface area contributed by atoms with E-state index in [1.807, 2.05) is 24.3 Å². The zero-order valence-electron chi connectivity index (χ0n) is 12.9. The first kappa shape index (κ1) is 21.7. The van der Waals surface area contributed by atoms with E-state index in [0.29, 0.717) is 5.56 Å². The van der Waals surface area contributed by atoms with Crippen molar-refractivity contribution in [1.82, 2.24) is 10.6 Å². The van der Waals surface area contributed by atoms with Crippen molar-refractivity contribution in [3.05, 3.63) is 63.0 Å². The van der Waals surface area contributed by atoms with Gasteiger partial charge in [-0.1, -0.05) is 72.7 Å². The lowest BCUT2D eigenvalue weighted by molar-refractivity contribution is 0.0934. The SMILES string of the molecule is O=C(NC(NC(=S)Nc1cccc(Br)c1)C(Cl)(Cl)Cl)c1ccc(Br)cc1. The highest BCUT2D eigenvalue weighted by Gasteiger charge is 2.34. The number of alkyl halides is 3. The molecule has 0 bridgehead atoms. The van der Waals surface area contributed by atoms with Gasteiger partial charge in [0, 0.05) is 20.2 Å². The summed E-state index contributed by atoms with van der Waals surface area (Å²) in [6.45, 7) is 0. The molecule has 0 saturated carbocycles. The zero-order valence-corrected chi connectivity index (χ0v) is 19.2. The van der Waals surface area contributed by atoms with E-state index < -0.39 is 15.9 Å². The van der Waals surface area contributed by atoms with Crippen molar-refractivity contribution in [2.24, 2.45) is 0 Å². The molecule has 26 heavy (non-hydrogen) atoms. The van der Waals surface area contributed by atoms with Crippen molar-refractivity contribution in [2.45, 2.75) is 9.96 Å². The third kappa shape index (κ3) is 6.87. The van der Waals surface area contributed by atoms with E-state index in [9.17, 15) is 4.79 Å². The minimum absolute atomic E-state index is 0.190. The maximum absolute atomic E-state index is 12.4. The van der Waals surface area contributed by atoms with Crippen molar-refractivity contribution in [3.8, 4) is 0 Å². The summed E-state index contributed by atoms with van der Waals surface area (Å²) in [6, 6.07) is 14.2. The number of carbonyl (C=O) groups is 1. The molecule has 1 atom stereocenters. The fraction of sp³-hybridized carbons (Fsp3) is 0.125. The van der Waals surface area contributed by atoms with Gasteiger partial charge in [0.1, 0.15) is 6.17 Å². The molecule has 0 aliphatic carbocycles. The largest absolute Gasteiger partial charge is 0.339 e. The molecule has 0 radical (unpaired) electrons. The Kier molecular flexibility index (Phi) is 8.00. The first-order valence-corrected chi connectivity index (χ1v) is 10.2. The second kappa shape index (κ2) is 9.57. The Labute approximate surface area is 188 Å². The summed E-state index contributed by atoms with van der Waals surface area (Å²) >= 11 is 29.9. The Morgan fingerprint density at radius 2 is 1.65 bits per heavy atom. The van der Waals surface area contributed by atoms with Crippen molar-refractivity contribution in [2.75, 3.05) is 5.32 Å². The number of rotatable bonds is 4. The fourth-order valence-electron chi connectivity index (χ4n) is 1.88. The molecule has 0 spiro atoms. The van der Waals surface area contributed by atoms with Gasteiger partial charge < -0.3 is 16.0 Å². The van der Waals surface area contributed by atoms with Crippen molar-refractivity contribution in [3.63, 3.8) is 0 Å². The second-order valence-electron chi connectivity index (χ2n) is 5.06. The van der Waals surface area contributed by atoms with Gasteiger partial charge in [0.15, 0.2) is 5.11 Å². The predicted octanol–water partition coefficient (Wildman–Crippen LogP) is 5.62. The van der Waals surface area contributed by atoms with Gasteiger partial charge in [-0.25, -0.2) is 0 Å². The minimum Gasteiger partial charge on any atom is -0.339 e. The normalized spacial score (nSPS) is 12.2. The van der Waals surface area contributed by atoms with E-state index in [0.717, 1.165) is 14.6 Å². The van der Waals surface area contributed by atoms with Gasteiger partial charge >= 0.3 is 0 Å². The number of benzene rings is 2. The number of hydrogen-bond donors (Lipinski definition) is 3. The van der Waals surface area contributed by atoms with Crippen molar-refractivity contribution in [1.29, 1.82) is 0 Å². The number of hydrogen-bond acceptors (Lipinski definition) is 2. The van der Waals surface area contributed by atoms with Crippen LogP contribution in [0.2, 0.25) is 0 Å². The Morgan fingerprint density at radius 1 is 1.00 bits per heavy atom. The average Bonchev–Trinajstić information content (AvgIpc) is 2.53.